The van der Waals surface area contributed by atoms with Crippen LogP contribution in [0.1, 0.15) is 94.2 Å². The minimum atomic E-state index is -0.170. The van der Waals surface area contributed by atoms with Crippen molar-refractivity contribution in [2.24, 2.45) is 24.9 Å². The second-order valence-electron chi connectivity index (χ2n) is 16.3. The molecule has 2 aliphatic carbocycles. The number of imidazole rings is 2. The van der Waals surface area contributed by atoms with Gasteiger partial charge in [-0.25, -0.2) is 19.6 Å². The third-order valence-corrected chi connectivity index (χ3v) is 13.3. The number of aliphatic hydroxyl groups excluding tert-OH is 1. The molecule has 6 heterocycles. The lowest BCUT2D eigenvalue weighted by molar-refractivity contribution is -0.00476. The first-order valence-electron chi connectivity index (χ1n) is 19.3. The molecule has 2 amide bonds. The highest BCUT2D eigenvalue weighted by Crippen LogP contribution is 2.52. The molecule has 8 rings (SSSR count). The summed E-state index contributed by atoms with van der Waals surface area (Å²) in [5.41, 5.74) is 4.54. The van der Waals surface area contributed by atoms with Crippen molar-refractivity contribution in [1.82, 2.24) is 38.7 Å². The van der Waals surface area contributed by atoms with Gasteiger partial charge in [0, 0.05) is 102 Å². The molecule has 0 aromatic carbocycles. The molecule has 53 heavy (non-hydrogen) atoms. The molecule has 2 aromatic rings. The van der Waals surface area contributed by atoms with Crippen molar-refractivity contribution in [2.45, 2.75) is 97.1 Å². The summed E-state index contributed by atoms with van der Waals surface area (Å²) < 4.78 is 14.2. The molecule has 2 spiro atoms. The van der Waals surface area contributed by atoms with Crippen LogP contribution in [-0.4, -0.2) is 142 Å². The molecule has 4 aliphatic heterocycles. The van der Waals surface area contributed by atoms with E-state index >= 15 is 0 Å². The molecule has 0 radical (unpaired) electrons. The van der Waals surface area contributed by atoms with Crippen LogP contribution in [0.15, 0.2) is 18.5 Å². The molecular formula is C40H66N8O5. The van der Waals surface area contributed by atoms with E-state index in [0.717, 1.165) is 71.5 Å². The van der Waals surface area contributed by atoms with Crippen LogP contribution in [0.5, 0.6) is 0 Å². The fraction of sp³-hybridized carbons (Fsp3) is 0.750. The Morgan fingerprint density at radius 3 is 1.70 bits per heavy atom. The van der Waals surface area contributed by atoms with Gasteiger partial charge in [-0.3, -0.25) is 4.90 Å². The fourth-order valence-corrected chi connectivity index (χ4v) is 9.93. The number of methoxy groups -OCH3 is 2. The van der Waals surface area contributed by atoms with E-state index < -0.39 is 0 Å². The van der Waals surface area contributed by atoms with Crippen molar-refractivity contribution in [2.75, 3.05) is 73.7 Å². The Morgan fingerprint density at radius 1 is 0.755 bits per heavy atom. The molecule has 6 aliphatic rings. The molecule has 0 atom stereocenters. The quantitative estimate of drug-likeness (QED) is 0.451. The fourth-order valence-electron chi connectivity index (χ4n) is 9.93. The average molecular weight is 739 g/mol. The third-order valence-electron chi connectivity index (χ3n) is 13.3. The summed E-state index contributed by atoms with van der Waals surface area (Å²) in [6.45, 7) is 12.2. The third kappa shape index (κ3) is 8.32. The normalized spacial score (nSPS) is 28.6. The number of nitrogens with zero attached hydrogens (tertiary/aromatic N) is 8. The Morgan fingerprint density at radius 2 is 1.26 bits per heavy atom. The largest absolute Gasteiger partial charge is 0.453 e. The zero-order valence-corrected chi connectivity index (χ0v) is 32.6. The number of hydrogen-bond donors (Lipinski definition) is 1. The number of aromatic nitrogens is 4. The molecule has 0 bridgehead atoms. The smallest absolute Gasteiger partial charge is 0.409 e. The molecule has 2 aromatic heterocycles. The number of carbonyl (C=O) groups excluding carboxylic acids is 2. The molecule has 1 N–H and O–H groups in total. The van der Waals surface area contributed by atoms with Gasteiger partial charge in [0.05, 0.1) is 14.2 Å². The predicted octanol–water partition coefficient (Wildman–Crippen LogP) is 5.21. The van der Waals surface area contributed by atoms with Gasteiger partial charge in [0.2, 0.25) is 0 Å². The van der Waals surface area contributed by atoms with Crippen LogP contribution in [0.2, 0.25) is 0 Å². The van der Waals surface area contributed by atoms with E-state index in [9.17, 15) is 9.59 Å². The van der Waals surface area contributed by atoms with Crippen LogP contribution < -0.4 is 0 Å². The van der Waals surface area contributed by atoms with E-state index in [1.165, 1.54) is 88.6 Å². The topological polar surface area (TPSA) is 121 Å². The van der Waals surface area contributed by atoms with Crippen LogP contribution >= 0.6 is 0 Å². The van der Waals surface area contributed by atoms with Gasteiger partial charge >= 0.3 is 12.2 Å². The maximum atomic E-state index is 11.7. The number of carbonyl (C=O) groups is 2. The Labute approximate surface area is 317 Å². The van der Waals surface area contributed by atoms with Crippen LogP contribution in [0.3, 0.4) is 0 Å². The second kappa shape index (κ2) is 16.9. The summed E-state index contributed by atoms with van der Waals surface area (Å²) in [6, 6.07) is 1.38. The van der Waals surface area contributed by atoms with Gasteiger partial charge in [-0.1, -0.05) is 13.5 Å². The number of likely N-dealkylation sites (tertiary alicyclic amines) is 3. The zero-order valence-electron chi connectivity index (χ0n) is 32.6. The number of aryl methyl sites for hydroxylation is 2. The predicted molar refractivity (Wildman–Crippen MR) is 207 cm³/mol. The van der Waals surface area contributed by atoms with Gasteiger partial charge < -0.3 is 38.4 Å². The number of rotatable bonds is 4. The number of hydrogen-bond acceptors (Lipinski definition) is 9. The highest BCUT2D eigenvalue weighted by atomic mass is 16.5. The van der Waals surface area contributed by atoms with Gasteiger partial charge in [0.25, 0.3) is 0 Å². The standard InChI is InChI=1S/C19H30N4O2.C19H28N4O2.CH4O.CH4/c2*1-14-12-20-17(21(14)2)15-4-7-22(8-5-15)16-10-19(11-16)6-9-23(13-19)18(24)25-3;1-2;/h12,15-16H,4-11,13H2,1-3H3;4,12,16H,5-11,13H2,1-3H3;2H,1H3;1H4. The molecular weight excluding hydrogens is 672 g/mol. The number of aliphatic hydroxyl groups is 1. The Balaban J connectivity index is 0.000000192. The first-order valence-corrected chi connectivity index (χ1v) is 19.3. The van der Waals surface area contributed by atoms with Gasteiger partial charge in [-0.05, 0) is 101 Å². The maximum Gasteiger partial charge on any atom is 0.409 e. The monoisotopic (exact) mass is 739 g/mol. The van der Waals surface area contributed by atoms with Crippen molar-refractivity contribution in [3.05, 3.63) is 41.5 Å². The molecule has 13 nitrogen and oxygen atoms in total. The number of ether oxygens (including phenoxy) is 2. The molecule has 3 saturated heterocycles. The number of piperidine rings is 1. The summed E-state index contributed by atoms with van der Waals surface area (Å²) in [4.78, 5) is 41.6. The van der Waals surface area contributed by atoms with E-state index in [4.69, 9.17) is 14.6 Å². The van der Waals surface area contributed by atoms with E-state index in [1.807, 2.05) is 22.2 Å². The Kier molecular flexibility index (Phi) is 13.0. The van der Waals surface area contributed by atoms with E-state index in [0.29, 0.717) is 28.8 Å². The molecule has 2 saturated carbocycles. The lowest BCUT2D eigenvalue weighted by Gasteiger charge is -2.51. The second-order valence-corrected chi connectivity index (χ2v) is 16.3. The lowest BCUT2D eigenvalue weighted by Crippen LogP contribution is -2.54. The maximum absolute atomic E-state index is 11.7. The Hall–Kier alpha value is -3.42. The molecule has 5 fully saturated rings. The lowest BCUT2D eigenvalue weighted by atomic mass is 9.64. The first kappa shape index (κ1) is 40.8. The zero-order chi connectivity index (χ0) is 37.2. The van der Waals surface area contributed by atoms with E-state index in [2.05, 4.69) is 62.9 Å². The number of amides is 2. The minimum Gasteiger partial charge on any atom is -0.453 e. The van der Waals surface area contributed by atoms with E-state index in [1.54, 1.807) is 0 Å². The summed E-state index contributed by atoms with van der Waals surface area (Å²) in [5, 5.41) is 7.00. The van der Waals surface area contributed by atoms with Crippen LogP contribution in [0.4, 0.5) is 9.59 Å². The van der Waals surface area contributed by atoms with Gasteiger partial charge in [0.1, 0.15) is 11.6 Å². The van der Waals surface area contributed by atoms with Gasteiger partial charge in [-0.15, -0.1) is 0 Å². The Bertz CT molecular complexity index is 1580. The summed E-state index contributed by atoms with van der Waals surface area (Å²) in [7, 11) is 8.17. The van der Waals surface area contributed by atoms with Gasteiger partial charge in [-0.2, -0.15) is 0 Å². The van der Waals surface area contributed by atoms with Crippen LogP contribution in [-0.2, 0) is 23.6 Å². The highest BCUT2D eigenvalue weighted by Gasteiger charge is 2.52. The molecule has 13 heteroatoms. The van der Waals surface area contributed by atoms with Crippen LogP contribution in [0.25, 0.3) is 5.57 Å². The summed E-state index contributed by atoms with van der Waals surface area (Å²) >= 11 is 0. The SMILES string of the molecule is C.CO.COC(=O)N1CCC2(CC(N3CC=C(c4ncc(C)n4C)CC3)C2)C1.COC(=O)N1CCC2(CC(N3CCC(c4ncc(C)n4C)CC3)C2)C1. The molecule has 296 valence electrons. The van der Waals surface area contributed by atoms with Crippen molar-refractivity contribution < 1.29 is 24.2 Å². The minimum absolute atomic E-state index is 0. The van der Waals surface area contributed by atoms with Crippen LogP contribution in [0, 0.1) is 24.7 Å². The van der Waals surface area contributed by atoms with Gasteiger partial charge in [0.15, 0.2) is 0 Å². The highest BCUT2D eigenvalue weighted by molar-refractivity contribution is 5.68. The van der Waals surface area contributed by atoms with Crippen molar-refractivity contribution in [3.63, 3.8) is 0 Å². The first-order chi connectivity index (χ1) is 25.0. The van der Waals surface area contributed by atoms with Crippen molar-refractivity contribution in [1.29, 1.82) is 0 Å². The van der Waals surface area contributed by atoms with Crippen molar-refractivity contribution in [3.8, 4) is 0 Å². The molecule has 0 unspecified atom stereocenters. The summed E-state index contributed by atoms with van der Waals surface area (Å²) in [6.07, 6.45) is 16.6. The van der Waals surface area contributed by atoms with E-state index in [-0.39, 0.29) is 19.6 Å². The average Bonchev–Trinajstić information content (AvgIpc) is 3.95. The van der Waals surface area contributed by atoms with Crippen molar-refractivity contribution >= 4 is 17.8 Å². The summed E-state index contributed by atoms with van der Waals surface area (Å²) in [5.74, 6) is 2.98.